The Bertz CT molecular complexity index is 154. The maximum atomic E-state index is 7.24. The highest BCUT2D eigenvalue weighted by Crippen LogP contribution is 2.09. The molecule has 78 valence electrons. The molecule has 0 radical (unpaired) electrons. The van der Waals surface area contributed by atoms with Crippen LogP contribution in [0.2, 0.25) is 0 Å². The van der Waals surface area contributed by atoms with Gasteiger partial charge in [-0.25, -0.2) is 0 Å². The van der Waals surface area contributed by atoms with E-state index >= 15 is 0 Å². The summed E-state index contributed by atoms with van der Waals surface area (Å²) in [5.74, 6) is 0.286. The molecule has 0 rings (SSSR count). The lowest BCUT2D eigenvalue weighted by Gasteiger charge is -2.32. The molecule has 13 heavy (non-hydrogen) atoms. The van der Waals surface area contributed by atoms with E-state index in [-0.39, 0.29) is 5.84 Å². The van der Waals surface area contributed by atoms with E-state index in [1.807, 2.05) is 0 Å². The van der Waals surface area contributed by atoms with E-state index in [1.54, 1.807) is 0 Å². The summed E-state index contributed by atoms with van der Waals surface area (Å²) < 4.78 is 0. The van der Waals surface area contributed by atoms with E-state index < -0.39 is 0 Å². The lowest BCUT2D eigenvalue weighted by atomic mass is 10.1. The quantitative estimate of drug-likeness (QED) is 0.490. The molecule has 0 saturated carbocycles. The van der Waals surface area contributed by atoms with Gasteiger partial charge >= 0.3 is 0 Å². The van der Waals surface area contributed by atoms with Crippen molar-refractivity contribution < 1.29 is 0 Å². The Kier molecular flexibility index (Phi) is 5.71. The Morgan fingerprint density at radius 2 is 1.92 bits per heavy atom. The number of nitrogens with one attached hydrogen (secondary N) is 1. The van der Waals surface area contributed by atoms with Gasteiger partial charge < -0.3 is 5.73 Å². The first-order valence-electron chi connectivity index (χ1n) is 5.07. The number of hydrogen-bond acceptors (Lipinski definition) is 2. The molecule has 0 bridgehead atoms. The van der Waals surface area contributed by atoms with Crippen LogP contribution in [0.1, 0.15) is 40.5 Å². The monoisotopic (exact) mass is 185 g/mol. The van der Waals surface area contributed by atoms with Gasteiger partial charge in [0.25, 0.3) is 0 Å². The minimum atomic E-state index is 0.286. The molecule has 0 aliphatic carbocycles. The summed E-state index contributed by atoms with van der Waals surface area (Å²) in [5, 5.41) is 7.24. The summed E-state index contributed by atoms with van der Waals surface area (Å²) in [7, 11) is 0. The zero-order valence-corrected chi connectivity index (χ0v) is 9.30. The summed E-state index contributed by atoms with van der Waals surface area (Å²) >= 11 is 0. The zero-order valence-electron chi connectivity index (χ0n) is 9.30. The van der Waals surface area contributed by atoms with Gasteiger partial charge in [0.2, 0.25) is 0 Å². The highest BCUT2D eigenvalue weighted by molar-refractivity contribution is 5.77. The van der Waals surface area contributed by atoms with Crippen LogP contribution in [0.15, 0.2) is 0 Å². The number of hydrogen-bond donors (Lipinski definition) is 2. The van der Waals surface area contributed by atoms with Crippen molar-refractivity contribution in [1.29, 1.82) is 5.41 Å². The first-order chi connectivity index (χ1) is 5.99. The number of amidine groups is 1. The molecule has 1 unspecified atom stereocenters. The maximum absolute atomic E-state index is 7.24. The van der Waals surface area contributed by atoms with Crippen LogP contribution in [0.25, 0.3) is 0 Å². The Labute approximate surface area is 81.8 Å². The van der Waals surface area contributed by atoms with Gasteiger partial charge in [0.05, 0.1) is 5.84 Å². The fourth-order valence-electron chi connectivity index (χ4n) is 1.68. The van der Waals surface area contributed by atoms with Crippen molar-refractivity contribution in [3.05, 3.63) is 0 Å². The van der Waals surface area contributed by atoms with Gasteiger partial charge in [0.1, 0.15) is 0 Å². The Morgan fingerprint density at radius 3 is 2.23 bits per heavy atom. The third kappa shape index (κ3) is 4.88. The molecule has 0 aromatic carbocycles. The van der Waals surface area contributed by atoms with Gasteiger partial charge in [0.15, 0.2) is 0 Å². The molecule has 0 aromatic heterocycles. The third-order valence-corrected chi connectivity index (χ3v) is 2.23. The van der Waals surface area contributed by atoms with Crippen molar-refractivity contribution >= 4 is 5.84 Å². The van der Waals surface area contributed by atoms with E-state index in [9.17, 15) is 0 Å². The Balaban J connectivity index is 4.10. The molecule has 0 amide bonds. The van der Waals surface area contributed by atoms with Crippen molar-refractivity contribution in [3.63, 3.8) is 0 Å². The molecule has 0 fully saturated rings. The van der Waals surface area contributed by atoms with Crippen LogP contribution in [0.4, 0.5) is 0 Å². The second kappa shape index (κ2) is 5.97. The maximum Gasteiger partial charge on any atom is 0.0920 e. The molecule has 3 heteroatoms. The minimum absolute atomic E-state index is 0.286. The van der Waals surface area contributed by atoms with Gasteiger partial charge in [0, 0.05) is 18.5 Å². The van der Waals surface area contributed by atoms with Gasteiger partial charge in [-0.3, -0.25) is 10.3 Å². The Morgan fingerprint density at radius 1 is 1.38 bits per heavy atom. The highest BCUT2D eigenvalue weighted by Gasteiger charge is 2.16. The molecular weight excluding hydrogens is 162 g/mol. The molecule has 0 spiro atoms. The molecule has 0 aliphatic rings. The van der Waals surface area contributed by atoms with Crippen molar-refractivity contribution in [2.24, 2.45) is 5.73 Å². The zero-order chi connectivity index (χ0) is 10.4. The normalized spacial score (nSPS) is 13.7. The molecule has 0 aliphatic heterocycles. The second-order valence-electron chi connectivity index (χ2n) is 3.91. The first kappa shape index (κ1) is 12.4. The van der Waals surface area contributed by atoms with Crippen LogP contribution in [0.5, 0.6) is 0 Å². The SMILES string of the molecule is CCCN(C(C)C)C(C)CC(=N)N. The summed E-state index contributed by atoms with van der Waals surface area (Å²) in [4.78, 5) is 2.39. The van der Waals surface area contributed by atoms with Gasteiger partial charge in [-0.2, -0.15) is 0 Å². The molecule has 3 nitrogen and oxygen atoms in total. The first-order valence-corrected chi connectivity index (χ1v) is 5.07. The van der Waals surface area contributed by atoms with E-state index in [0.717, 1.165) is 13.0 Å². The molecule has 1 atom stereocenters. The van der Waals surface area contributed by atoms with E-state index in [1.165, 1.54) is 0 Å². The number of nitrogens with zero attached hydrogens (tertiary/aromatic N) is 1. The van der Waals surface area contributed by atoms with Gasteiger partial charge in [-0.05, 0) is 33.7 Å². The van der Waals surface area contributed by atoms with Gasteiger partial charge in [-0.1, -0.05) is 6.92 Å². The van der Waals surface area contributed by atoms with Crippen LogP contribution in [-0.2, 0) is 0 Å². The predicted octanol–water partition coefficient (Wildman–Crippen LogP) is 1.82. The fourth-order valence-corrected chi connectivity index (χ4v) is 1.68. The lowest BCUT2D eigenvalue weighted by molar-refractivity contribution is 0.167. The topological polar surface area (TPSA) is 53.1 Å². The standard InChI is InChI=1S/C10H23N3/c1-5-6-13(8(2)3)9(4)7-10(11)12/h8-9H,5-7H2,1-4H3,(H3,11,12). The predicted molar refractivity (Wildman–Crippen MR) is 58.1 cm³/mol. The minimum Gasteiger partial charge on any atom is -0.388 e. The average Bonchev–Trinajstić information content (AvgIpc) is 1.97. The van der Waals surface area contributed by atoms with Crippen molar-refractivity contribution in [2.45, 2.75) is 52.6 Å². The van der Waals surface area contributed by atoms with Crippen LogP contribution in [-0.4, -0.2) is 29.4 Å². The molecular formula is C10H23N3. The summed E-state index contributed by atoms with van der Waals surface area (Å²) in [6.07, 6.45) is 1.83. The van der Waals surface area contributed by atoms with Crippen molar-refractivity contribution in [2.75, 3.05) is 6.54 Å². The molecule has 3 N–H and O–H groups in total. The molecule has 0 heterocycles. The lowest BCUT2D eigenvalue weighted by Crippen LogP contribution is -2.41. The molecule has 0 saturated heterocycles. The van der Waals surface area contributed by atoms with Crippen molar-refractivity contribution in [3.8, 4) is 0 Å². The van der Waals surface area contributed by atoms with Crippen LogP contribution in [0, 0.1) is 5.41 Å². The van der Waals surface area contributed by atoms with E-state index in [4.69, 9.17) is 11.1 Å². The van der Waals surface area contributed by atoms with Crippen LogP contribution < -0.4 is 5.73 Å². The number of rotatable bonds is 6. The third-order valence-electron chi connectivity index (χ3n) is 2.23. The smallest absolute Gasteiger partial charge is 0.0920 e. The van der Waals surface area contributed by atoms with Crippen molar-refractivity contribution in [1.82, 2.24) is 4.90 Å². The Hall–Kier alpha value is -0.570. The van der Waals surface area contributed by atoms with Crippen LogP contribution >= 0.6 is 0 Å². The molecule has 0 aromatic rings. The highest BCUT2D eigenvalue weighted by atomic mass is 15.2. The van der Waals surface area contributed by atoms with E-state index in [2.05, 4.69) is 32.6 Å². The number of nitrogens with two attached hydrogens (primary N) is 1. The fraction of sp³-hybridized carbons (Fsp3) is 0.900. The summed E-state index contributed by atoms with van der Waals surface area (Å²) in [6.45, 7) is 9.78. The van der Waals surface area contributed by atoms with Gasteiger partial charge in [-0.15, -0.1) is 0 Å². The van der Waals surface area contributed by atoms with Crippen LogP contribution in [0.3, 0.4) is 0 Å². The van der Waals surface area contributed by atoms with E-state index in [0.29, 0.717) is 18.5 Å². The summed E-state index contributed by atoms with van der Waals surface area (Å²) in [5.41, 5.74) is 5.38. The summed E-state index contributed by atoms with van der Waals surface area (Å²) in [6, 6.07) is 0.923. The average molecular weight is 185 g/mol. The largest absolute Gasteiger partial charge is 0.388 e. The second-order valence-corrected chi connectivity index (χ2v) is 3.91.